The largest absolute Gasteiger partial charge is 0.423 e. The summed E-state index contributed by atoms with van der Waals surface area (Å²) < 4.78 is 17.0. The van der Waals surface area contributed by atoms with Gasteiger partial charge >= 0.3 is 5.63 Å². The summed E-state index contributed by atoms with van der Waals surface area (Å²) in [5, 5.41) is 1.04. The van der Waals surface area contributed by atoms with Crippen LogP contribution < -0.4 is 5.63 Å². The zero-order valence-electron chi connectivity index (χ0n) is 14.9. The molecule has 2 aliphatic heterocycles. The third-order valence-electron chi connectivity index (χ3n) is 5.34. The quantitative estimate of drug-likeness (QED) is 0.801. The van der Waals surface area contributed by atoms with Gasteiger partial charge in [-0.25, -0.2) is 4.79 Å². The standard InChI is InChI=1S/C20H25NO4/c1-14(2)15-3-4-18-17(11-15)16(12-19(22)25-18)13-21-7-5-20(6-8-21)23-9-10-24-20/h3-4,11-12,14H,5-10,13H2,1-2H3. The fourth-order valence-corrected chi connectivity index (χ4v) is 3.81. The van der Waals surface area contributed by atoms with Crippen LogP contribution in [0.2, 0.25) is 0 Å². The Morgan fingerprint density at radius 2 is 1.84 bits per heavy atom. The molecule has 5 heteroatoms. The van der Waals surface area contributed by atoms with Gasteiger partial charge in [-0.2, -0.15) is 0 Å². The lowest BCUT2D eigenvalue weighted by atomic mass is 9.98. The van der Waals surface area contributed by atoms with E-state index >= 15 is 0 Å². The van der Waals surface area contributed by atoms with Gasteiger partial charge in [0.15, 0.2) is 5.79 Å². The van der Waals surface area contributed by atoms with E-state index in [-0.39, 0.29) is 11.4 Å². The lowest BCUT2D eigenvalue weighted by molar-refractivity contribution is -0.185. The Morgan fingerprint density at radius 3 is 2.52 bits per heavy atom. The molecule has 5 nitrogen and oxygen atoms in total. The van der Waals surface area contributed by atoms with Crippen molar-refractivity contribution < 1.29 is 13.9 Å². The number of nitrogens with zero attached hydrogens (tertiary/aromatic N) is 1. The van der Waals surface area contributed by atoms with Crippen molar-refractivity contribution in [3.63, 3.8) is 0 Å². The predicted octanol–water partition coefficient (Wildman–Crippen LogP) is 3.26. The van der Waals surface area contributed by atoms with Crippen LogP contribution >= 0.6 is 0 Å². The van der Waals surface area contributed by atoms with Gasteiger partial charge in [0, 0.05) is 43.9 Å². The van der Waals surface area contributed by atoms with Crippen molar-refractivity contribution in [2.75, 3.05) is 26.3 Å². The van der Waals surface area contributed by atoms with Crippen molar-refractivity contribution in [1.29, 1.82) is 0 Å². The highest BCUT2D eigenvalue weighted by molar-refractivity contribution is 5.81. The van der Waals surface area contributed by atoms with Crippen molar-refractivity contribution in [1.82, 2.24) is 4.90 Å². The molecule has 0 unspecified atom stereocenters. The molecule has 1 spiro atoms. The molecule has 3 heterocycles. The van der Waals surface area contributed by atoms with Crippen LogP contribution in [0.25, 0.3) is 11.0 Å². The number of likely N-dealkylation sites (tertiary alicyclic amines) is 1. The second kappa shape index (κ2) is 6.56. The highest BCUT2D eigenvalue weighted by atomic mass is 16.7. The van der Waals surface area contributed by atoms with Crippen molar-refractivity contribution in [3.05, 3.63) is 45.8 Å². The van der Waals surface area contributed by atoms with Crippen LogP contribution in [0.15, 0.2) is 33.5 Å². The molecule has 2 aromatic rings. The van der Waals surface area contributed by atoms with Gasteiger partial charge in [0.2, 0.25) is 0 Å². The van der Waals surface area contributed by atoms with E-state index in [1.165, 1.54) is 5.56 Å². The number of benzene rings is 1. The molecule has 1 aromatic carbocycles. The second-order valence-corrected chi connectivity index (χ2v) is 7.38. The molecule has 2 aliphatic rings. The van der Waals surface area contributed by atoms with Gasteiger partial charge in [-0.05, 0) is 29.2 Å². The van der Waals surface area contributed by atoms with Crippen molar-refractivity contribution in [2.24, 2.45) is 0 Å². The number of rotatable bonds is 3. The zero-order chi connectivity index (χ0) is 17.4. The first-order chi connectivity index (χ1) is 12.0. The predicted molar refractivity (Wildman–Crippen MR) is 95.7 cm³/mol. The molecule has 4 rings (SSSR count). The molecular weight excluding hydrogens is 318 g/mol. The zero-order valence-corrected chi connectivity index (χ0v) is 14.9. The Balaban J connectivity index is 1.58. The topological polar surface area (TPSA) is 51.9 Å². The van der Waals surface area contributed by atoms with Gasteiger partial charge in [-0.1, -0.05) is 19.9 Å². The molecule has 0 radical (unpaired) electrons. The highest BCUT2D eigenvalue weighted by Crippen LogP contribution is 2.32. The maximum atomic E-state index is 11.9. The van der Waals surface area contributed by atoms with Crippen LogP contribution in [0, 0.1) is 0 Å². The molecule has 1 aromatic heterocycles. The third kappa shape index (κ3) is 3.36. The minimum Gasteiger partial charge on any atom is -0.423 e. The molecule has 0 bridgehead atoms. The second-order valence-electron chi connectivity index (χ2n) is 7.38. The van der Waals surface area contributed by atoms with Gasteiger partial charge in [0.1, 0.15) is 5.58 Å². The Bertz CT molecular complexity index is 810. The Hall–Kier alpha value is -1.69. The van der Waals surface area contributed by atoms with Gasteiger partial charge in [0.25, 0.3) is 0 Å². The van der Waals surface area contributed by atoms with Crippen molar-refractivity contribution >= 4 is 11.0 Å². The van der Waals surface area contributed by atoms with Gasteiger partial charge in [-0.3, -0.25) is 4.90 Å². The summed E-state index contributed by atoms with van der Waals surface area (Å²) in [6.07, 6.45) is 1.76. The summed E-state index contributed by atoms with van der Waals surface area (Å²) in [4.78, 5) is 14.3. The van der Waals surface area contributed by atoms with Gasteiger partial charge in [-0.15, -0.1) is 0 Å². The van der Waals surface area contributed by atoms with E-state index in [4.69, 9.17) is 13.9 Å². The summed E-state index contributed by atoms with van der Waals surface area (Å²) in [7, 11) is 0. The first kappa shape index (κ1) is 16.8. The average molecular weight is 343 g/mol. The molecular formula is C20H25NO4. The molecule has 0 amide bonds. The molecule has 2 saturated heterocycles. The minimum atomic E-state index is -0.362. The highest BCUT2D eigenvalue weighted by Gasteiger charge is 2.39. The molecule has 0 atom stereocenters. The van der Waals surface area contributed by atoms with Crippen LogP contribution in [-0.4, -0.2) is 37.0 Å². The molecule has 0 saturated carbocycles. The van der Waals surface area contributed by atoms with E-state index in [0.717, 1.165) is 43.4 Å². The summed E-state index contributed by atoms with van der Waals surface area (Å²) >= 11 is 0. The lowest BCUT2D eigenvalue weighted by Gasteiger charge is -2.37. The average Bonchev–Trinajstić information content (AvgIpc) is 3.05. The molecule has 25 heavy (non-hydrogen) atoms. The van der Waals surface area contributed by atoms with E-state index in [0.29, 0.717) is 24.7 Å². The minimum absolute atomic E-state index is 0.282. The van der Waals surface area contributed by atoms with Crippen molar-refractivity contribution in [2.45, 2.75) is 44.9 Å². The number of fused-ring (bicyclic) bond motifs is 1. The first-order valence-electron chi connectivity index (χ1n) is 9.12. The summed E-state index contributed by atoms with van der Waals surface area (Å²) in [5.41, 5.74) is 2.68. The fraction of sp³-hybridized carbons (Fsp3) is 0.550. The van der Waals surface area contributed by atoms with Crippen LogP contribution in [0.3, 0.4) is 0 Å². The van der Waals surface area contributed by atoms with Crippen LogP contribution in [0.1, 0.15) is 43.7 Å². The van der Waals surface area contributed by atoms with E-state index < -0.39 is 0 Å². The van der Waals surface area contributed by atoms with Crippen molar-refractivity contribution in [3.8, 4) is 0 Å². The lowest BCUT2D eigenvalue weighted by Crippen LogP contribution is -2.44. The first-order valence-corrected chi connectivity index (χ1v) is 9.12. The Kier molecular flexibility index (Phi) is 4.40. The van der Waals surface area contributed by atoms with E-state index in [2.05, 4.69) is 24.8 Å². The Labute approximate surface area is 147 Å². The van der Waals surface area contributed by atoms with Crippen LogP contribution in [0.4, 0.5) is 0 Å². The normalized spacial score (nSPS) is 20.8. The molecule has 0 aliphatic carbocycles. The third-order valence-corrected chi connectivity index (χ3v) is 5.34. The molecule has 0 N–H and O–H groups in total. The number of piperidine rings is 1. The van der Waals surface area contributed by atoms with E-state index in [9.17, 15) is 4.79 Å². The summed E-state index contributed by atoms with van der Waals surface area (Å²) in [6, 6.07) is 7.76. The maximum Gasteiger partial charge on any atom is 0.336 e. The van der Waals surface area contributed by atoms with Crippen LogP contribution in [-0.2, 0) is 16.0 Å². The van der Waals surface area contributed by atoms with Crippen LogP contribution in [0.5, 0.6) is 0 Å². The monoisotopic (exact) mass is 343 g/mol. The number of hydrogen-bond donors (Lipinski definition) is 0. The molecule has 134 valence electrons. The summed E-state index contributed by atoms with van der Waals surface area (Å²) in [6.45, 7) is 8.30. The SMILES string of the molecule is CC(C)c1ccc2oc(=O)cc(CN3CCC4(CC3)OCCO4)c2c1. The number of ether oxygens (including phenoxy) is 2. The Morgan fingerprint density at radius 1 is 1.12 bits per heavy atom. The maximum absolute atomic E-state index is 11.9. The van der Waals surface area contributed by atoms with Gasteiger partial charge in [0.05, 0.1) is 13.2 Å². The fourth-order valence-electron chi connectivity index (χ4n) is 3.81. The van der Waals surface area contributed by atoms with Gasteiger partial charge < -0.3 is 13.9 Å². The smallest absolute Gasteiger partial charge is 0.336 e. The molecule has 2 fully saturated rings. The number of hydrogen-bond acceptors (Lipinski definition) is 5. The van der Waals surface area contributed by atoms with E-state index in [1.807, 2.05) is 12.1 Å². The summed E-state index contributed by atoms with van der Waals surface area (Å²) in [5.74, 6) is 0.0784. The van der Waals surface area contributed by atoms with E-state index in [1.54, 1.807) is 6.07 Å².